The van der Waals surface area contributed by atoms with Gasteiger partial charge < -0.3 is 20.9 Å². The smallest absolute Gasteiger partial charge is 0.292 e. The molecular weight excluding hydrogens is 459 g/mol. The first-order valence-electron chi connectivity index (χ1n) is 9.30. The molecule has 9 heteroatoms. The van der Waals surface area contributed by atoms with Crippen LogP contribution < -0.4 is 16.0 Å². The van der Waals surface area contributed by atoms with Crippen molar-refractivity contribution in [2.75, 3.05) is 45.1 Å². The van der Waals surface area contributed by atoms with Crippen LogP contribution in [0, 0.1) is 10.1 Å². The van der Waals surface area contributed by atoms with Crippen molar-refractivity contribution < 1.29 is 4.92 Å². The number of nitrogens with one attached hydrogen (secondary N) is 3. The van der Waals surface area contributed by atoms with Gasteiger partial charge in [0.2, 0.25) is 0 Å². The zero-order chi connectivity index (χ0) is 18.8. The first-order valence-corrected chi connectivity index (χ1v) is 9.30. The van der Waals surface area contributed by atoms with Gasteiger partial charge >= 0.3 is 0 Å². The lowest BCUT2D eigenvalue weighted by molar-refractivity contribution is -0.384. The maximum Gasteiger partial charge on any atom is 0.292 e. The Balaban J connectivity index is 0.00000364. The van der Waals surface area contributed by atoms with Crippen LogP contribution in [0.25, 0.3) is 0 Å². The molecule has 1 aromatic carbocycles. The monoisotopic (exact) mass is 490 g/mol. The standard InChI is InChI=1S/C18H30N6O2.HI/c1-3-12-23-13-8-15(9-14-23)22-18(19-2)21-11-10-20-16-6-4-5-7-17(16)24(25)26;/h4-7,15,20H,3,8-14H2,1-2H3,(H2,19,21,22);1H. The topological polar surface area (TPSA) is 94.8 Å². The largest absolute Gasteiger partial charge is 0.378 e. The van der Waals surface area contributed by atoms with Crippen LogP contribution in [0.1, 0.15) is 26.2 Å². The van der Waals surface area contributed by atoms with Gasteiger partial charge in [0.15, 0.2) is 5.96 Å². The van der Waals surface area contributed by atoms with E-state index in [4.69, 9.17) is 0 Å². The number of anilines is 1. The quantitative estimate of drug-likeness (QED) is 0.130. The number of guanidine groups is 1. The molecule has 8 nitrogen and oxygen atoms in total. The summed E-state index contributed by atoms with van der Waals surface area (Å²) >= 11 is 0. The molecule has 0 bridgehead atoms. The summed E-state index contributed by atoms with van der Waals surface area (Å²) in [5, 5.41) is 20.9. The molecule has 0 saturated carbocycles. The fraction of sp³-hybridized carbons (Fsp3) is 0.611. The summed E-state index contributed by atoms with van der Waals surface area (Å²) in [6.07, 6.45) is 3.44. The molecule has 27 heavy (non-hydrogen) atoms. The Morgan fingerprint density at radius 3 is 2.63 bits per heavy atom. The fourth-order valence-corrected chi connectivity index (χ4v) is 3.17. The lowest BCUT2D eigenvalue weighted by atomic mass is 10.1. The minimum atomic E-state index is -0.374. The first-order chi connectivity index (χ1) is 12.6. The van der Waals surface area contributed by atoms with Crippen LogP contribution in [0.2, 0.25) is 0 Å². The Hall–Kier alpha value is -1.62. The van der Waals surface area contributed by atoms with Crippen LogP contribution in [0.15, 0.2) is 29.3 Å². The van der Waals surface area contributed by atoms with Gasteiger partial charge in [0, 0.05) is 45.3 Å². The summed E-state index contributed by atoms with van der Waals surface area (Å²) in [5.41, 5.74) is 0.624. The van der Waals surface area contributed by atoms with Crippen LogP contribution in [0.5, 0.6) is 0 Å². The second-order valence-corrected chi connectivity index (χ2v) is 6.46. The van der Waals surface area contributed by atoms with Crippen molar-refractivity contribution in [2.45, 2.75) is 32.2 Å². The van der Waals surface area contributed by atoms with Crippen molar-refractivity contribution in [3.8, 4) is 0 Å². The number of para-hydroxylation sites is 2. The summed E-state index contributed by atoms with van der Waals surface area (Å²) < 4.78 is 0. The van der Waals surface area contributed by atoms with E-state index in [1.807, 2.05) is 0 Å². The highest BCUT2D eigenvalue weighted by Crippen LogP contribution is 2.22. The van der Waals surface area contributed by atoms with Gasteiger partial charge in [-0.25, -0.2) is 0 Å². The molecule has 0 unspecified atom stereocenters. The van der Waals surface area contributed by atoms with E-state index in [1.165, 1.54) is 19.0 Å². The highest BCUT2D eigenvalue weighted by Gasteiger charge is 2.19. The number of piperidine rings is 1. The van der Waals surface area contributed by atoms with Crippen molar-refractivity contribution in [3.05, 3.63) is 34.4 Å². The molecule has 0 aromatic heterocycles. The number of aliphatic imine (C=N–C) groups is 1. The van der Waals surface area contributed by atoms with Crippen LogP contribution >= 0.6 is 24.0 Å². The van der Waals surface area contributed by atoms with Crippen LogP contribution in [0.3, 0.4) is 0 Å². The number of likely N-dealkylation sites (tertiary alicyclic amines) is 1. The normalized spacial score (nSPS) is 15.7. The number of benzene rings is 1. The van der Waals surface area contributed by atoms with Gasteiger partial charge in [-0.3, -0.25) is 15.1 Å². The molecule has 1 fully saturated rings. The highest BCUT2D eigenvalue weighted by atomic mass is 127. The molecule has 2 rings (SSSR count). The van der Waals surface area contributed by atoms with Crippen molar-refractivity contribution in [2.24, 2.45) is 4.99 Å². The van der Waals surface area contributed by atoms with E-state index in [1.54, 1.807) is 25.2 Å². The number of halogens is 1. The average Bonchev–Trinajstić information content (AvgIpc) is 2.66. The summed E-state index contributed by atoms with van der Waals surface area (Å²) in [5.74, 6) is 0.781. The Kier molecular flexibility index (Phi) is 11.0. The van der Waals surface area contributed by atoms with E-state index in [-0.39, 0.29) is 34.6 Å². The van der Waals surface area contributed by atoms with E-state index in [2.05, 4.69) is 32.8 Å². The molecule has 0 radical (unpaired) electrons. The predicted octanol–water partition coefficient (Wildman–Crippen LogP) is 2.66. The Morgan fingerprint density at radius 1 is 1.30 bits per heavy atom. The zero-order valence-electron chi connectivity index (χ0n) is 16.1. The molecule has 1 aliphatic heterocycles. The molecule has 0 aliphatic carbocycles. The van der Waals surface area contributed by atoms with Crippen LogP contribution in [-0.2, 0) is 0 Å². The molecule has 0 atom stereocenters. The first kappa shape index (κ1) is 23.4. The number of hydrogen-bond donors (Lipinski definition) is 3. The zero-order valence-corrected chi connectivity index (χ0v) is 18.4. The number of hydrogen-bond acceptors (Lipinski definition) is 5. The number of nitro groups is 1. The molecular formula is C18H31IN6O2. The minimum Gasteiger partial charge on any atom is -0.378 e. The number of rotatable bonds is 8. The van der Waals surface area contributed by atoms with Gasteiger partial charge in [-0.1, -0.05) is 19.1 Å². The van der Waals surface area contributed by atoms with E-state index in [9.17, 15) is 10.1 Å². The molecule has 152 valence electrons. The van der Waals surface area contributed by atoms with Crippen molar-refractivity contribution in [1.29, 1.82) is 0 Å². The maximum atomic E-state index is 11.0. The van der Waals surface area contributed by atoms with Crippen molar-refractivity contribution in [3.63, 3.8) is 0 Å². The van der Waals surface area contributed by atoms with Gasteiger partial charge in [0.05, 0.1) is 4.92 Å². The minimum absolute atomic E-state index is 0. The predicted molar refractivity (Wildman–Crippen MR) is 121 cm³/mol. The third-order valence-corrected chi connectivity index (χ3v) is 4.53. The third-order valence-electron chi connectivity index (χ3n) is 4.53. The van der Waals surface area contributed by atoms with E-state index < -0.39 is 0 Å². The van der Waals surface area contributed by atoms with Crippen LogP contribution in [0.4, 0.5) is 11.4 Å². The van der Waals surface area contributed by atoms with Gasteiger partial charge in [0.1, 0.15) is 5.69 Å². The highest BCUT2D eigenvalue weighted by molar-refractivity contribution is 14.0. The lowest BCUT2D eigenvalue weighted by Crippen LogP contribution is -2.49. The molecule has 1 saturated heterocycles. The van der Waals surface area contributed by atoms with Crippen molar-refractivity contribution in [1.82, 2.24) is 15.5 Å². The molecule has 1 heterocycles. The number of nitro benzene ring substituents is 1. The third kappa shape index (κ3) is 7.87. The second-order valence-electron chi connectivity index (χ2n) is 6.46. The Bertz CT molecular complexity index is 605. The van der Waals surface area contributed by atoms with E-state index in [0.717, 1.165) is 31.9 Å². The van der Waals surface area contributed by atoms with E-state index in [0.29, 0.717) is 24.8 Å². The molecule has 3 N–H and O–H groups in total. The lowest BCUT2D eigenvalue weighted by Gasteiger charge is -2.32. The summed E-state index contributed by atoms with van der Waals surface area (Å²) in [7, 11) is 1.76. The molecule has 1 aliphatic rings. The van der Waals surface area contributed by atoms with Crippen LogP contribution in [-0.4, -0.2) is 61.6 Å². The molecule has 1 aromatic rings. The van der Waals surface area contributed by atoms with Crippen molar-refractivity contribution >= 4 is 41.3 Å². The summed E-state index contributed by atoms with van der Waals surface area (Å²) in [6.45, 7) is 6.84. The second kappa shape index (κ2) is 12.7. The summed E-state index contributed by atoms with van der Waals surface area (Å²) in [6, 6.07) is 7.11. The van der Waals surface area contributed by atoms with Gasteiger partial charge in [-0.05, 0) is 31.9 Å². The van der Waals surface area contributed by atoms with Gasteiger partial charge in [-0.2, -0.15) is 0 Å². The Morgan fingerprint density at radius 2 is 2.00 bits per heavy atom. The molecule has 0 spiro atoms. The Labute approximate surface area is 178 Å². The average molecular weight is 490 g/mol. The van der Waals surface area contributed by atoms with Gasteiger partial charge in [-0.15, -0.1) is 24.0 Å². The molecule has 0 amide bonds. The fourth-order valence-electron chi connectivity index (χ4n) is 3.17. The summed E-state index contributed by atoms with van der Waals surface area (Å²) in [4.78, 5) is 17.4. The number of nitrogens with zero attached hydrogens (tertiary/aromatic N) is 3. The van der Waals surface area contributed by atoms with Gasteiger partial charge in [0.25, 0.3) is 5.69 Å². The van der Waals surface area contributed by atoms with E-state index >= 15 is 0 Å². The SMILES string of the molecule is CCCN1CCC(NC(=NC)NCCNc2ccccc2[N+](=O)[O-])CC1.I. The maximum absolute atomic E-state index is 11.0.